The molecule has 8 nitrogen and oxygen atoms in total. The summed E-state index contributed by atoms with van der Waals surface area (Å²) in [5.41, 5.74) is 2.10. The summed E-state index contributed by atoms with van der Waals surface area (Å²) in [6.07, 6.45) is 0.830. The molecule has 3 rings (SSSR count). The van der Waals surface area contributed by atoms with Gasteiger partial charge < -0.3 is 34.3 Å². The molecular weight excluding hydrogens is 374 g/mol. The molecule has 1 aliphatic heterocycles. The molecule has 0 saturated carbocycles. The summed E-state index contributed by atoms with van der Waals surface area (Å²) in [5.74, 6) is 4.28. The van der Waals surface area contributed by atoms with Gasteiger partial charge in [-0.3, -0.25) is 4.99 Å². The van der Waals surface area contributed by atoms with Gasteiger partial charge in [-0.2, -0.15) is 0 Å². The van der Waals surface area contributed by atoms with Crippen LogP contribution in [0.2, 0.25) is 0 Å². The Bertz CT molecular complexity index is 870. The van der Waals surface area contributed by atoms with Gasteiger partial charge in [0.2, 0.25) is 6.79 Å². The number of fused-ring (bicyclic) bond motifs is 1. The van der Waals surface area contributed by atoms with E-state index in [0.29, 0.717) is 29.8 Å². The largest absolute Gasteiger partial charge is 0.496 e. The second-order valence-electron chi connectivity index (χ2n) is 6.31. The van der Waals surface area contributed by atoms with Crippen molar-refractivity contribution in [1.29, 1.82) is 0 Å². The second-order valence-corrected chi connectivity index (χ2v) is 6.31. The molecule has 2 N–H and O–H groups in total. The highest BCUT2D eigenvalue weighted by molar-refractivity contribution is 5.79. The third-order valence-electron chi connectivity index (χ3n) is 4.60. The molecule has 29 heavy (non-hydrogen) atoms. The lowest BCUT2D eigenvalue weighted by atomic mass is 10.1. The fraction of sp³-hybridized carbons (Fsp3) is 0.381. The summed E-state index contributed by atoms with van der Waals surface area (Å²) in [6.45, 7) is 1.53. The van der Waals surface area contributed by atoms with E-state index in [0.717, 1.165) is 30.0 Å². The molecule has 1 aliphatic rings. The highest BCUT2D eigenvalue weighted by atomic mass is 16.7. The number of benzene rings is 2. The molecule has 0 spiro atoms. The molecule has 0 aliphatic carbocycles. The van der Waals surface area contributed by atoms with Crippen molar-refractivity contribution in [1.82, 2.24) is 10.6 Å². The number of guanidine groups is 1. The van der Waals surface area contributed by atoms with Crippen LogP contribution in [0.5, 0.6) is 28.7 Å². The van der Waals surface area contributed by atoms with Crippen molar-refractivity contribution in [3.8, 4) is 28.7 Å². The predicted molar refractivity (Wildman–Crippen MR) is 111 cm³/mol. The zero-order valence-corrected chi connectivity index (χ0v) is 17.2. The highest BCUT2D eigenvalue weighted by Gasteiger charge is 2.14. The normalized spacial score (nSPS) is 12.5. The molecule has 2 aromatic carbocycles. The third kappa shape index (κ3) is 4.96. The van der Waals surface area contributed by atoms with E-state index in [4.69, 9.17) is 23.7 Å². The van der Waals surface area contributed by atoms with Gasteiger partial charge in [-0.05, 0) is 30.2 Å². The maximum Gasteiger partial charge on any atom is 0.231 e. The van der Waals surface area contributed by atoms with Crippen molar-refractivity contribution >= 4 is 5.96 Å². The van der Waals surface area contributed by atoms with E-state index < -0.39 is 0 Å². The van der Waals surface area contributed by atoms with E-state index >= 15 is 0 Å². The lowest BCUT2D eigenvalue weighted by Gasteiger charge is -2.16. The summed E-state index contributed by atoms with van der Waals surface area (Å²) in [7, 11) is 6.57. The van der Waals surface area contributed by atoms with Crippen LogP contribution in [0.15, 0.2) is 35.3 Å². The Labute approximate surface area is 170 Å². The second kappa shape index (κ2) is 9.77. The predicted octanol–water partition coefficient (Wildman–Crippen LogP) is 2.35. The average molecular weight is 401 g/mol. The number of rotatable bonds is 8. The van der Waals surface area contributed by atoms with Gasteiger partial charge in [0.05, 0.1) is 21.3 Å². The van der Waals surface area contributed by atoms with Crippen LogP contribution in [0.4, 0.5) is 0 Å². The highest BCUT2D eigenvalue weighted by Crippen LogP contribution is 2.34. The van der Waals surface area contributed by atoms with Gasteiger partial charge in [0.15, 0.2) is 29.0 Å². The van der Waals surface area contributed by atoms with E-state index in [-0.39, 0.29) is 6.79 Å². The number of hydrogen-bond donors (Lipinski definition) is 2. The maximum absolute atomic E-state index is 5.47. The van der Waals surface area contributed by atoms with Crippen LogP contribution >= 0.6 is 0 Å². The van der Waals surface area contributed by atoms with Gasteiger partial charge in [0, 0.05) is 31.8 Å². The number of methoxy groups -OCH3 is 3. The molecule has 156 valence electrons. The molecule has 1 heterocycles. The van der Waals surface area contributed by atoms with Gasteiger partial charge in [0.25, 0.3) is 0 Å². The van der Waals surface area contributed by atoms with Crippen LogP contribution in [0.1, 0.15) is 11.1 Å². The number of aliphatic imine (C=N–C) groups is 1. The minimum Gasteiger partial charge on any atom is -0.496 e. The summed E-state index contributed by atoms with van der Waals surface area (Å²) < 4.78 is 26.9. The topological polar surface area (TPSA) is 82.6 Å². The van der Waals surface area contributed by atoms with Gasteiger partial charge in [-0.1, -0.05) is 6.07 Å². The summed E-state index contributed by atoms with van der Waals surface area (Å²) in [5, 5.41) is 6.61. The fourth-order valence-corrected chi connectivity index (χ4v) is 3.05. The molecule has 0 atom stereocenters. The Morgan fingerprint density at radius 3 is 2.38 bits per heavy atom. The molecular formula is C21H27N3O5. The molecule has 0 amide bonds. The van der Waals surface area contributed by atoms with Gasteiger partial charge >= 0.3 is 0 Å². The van der Waals surface area contributed by atoms with Crippen molar-refractivity contribution in [3.05, 3.63) is 41.5 Å². The maximum atomic E-state index is 5.47. The Hall–Kier alpha value is -3.29. The van der Waals surface area contributed by atoms with Crippen molar-refractivity contribution in [3.63, 3.8) is 0 Å². The fourth-order valence-electron chi connectivity index (χ4n) is 3.05. The first-order chi connectivity index (χ1) is 14.2. The third-order valence-corrected chi connectivity index (χ3v) is 4.60. The lowest BCUT2D eigenvalue weighted by molar-refractivity contribution is 0.174. The zero-order valence-electron chi connectivity index (χ0n) is 17.2. The van der Waals surface area contributed by atoms with E-state index in [1.54, 1.807) is 28.4 Å². The number of hydrogen-bond acceptors (Lipinski definition) is 6. The quantitative estimate of drug-likeness (QED) is 0.519. The Kier molecular flexibility index (Phi) is 6.89. The van der Waals surface area contributed by atoms with E-state index in [1.807, 2.05) is 30.3 Å². The SMILES string of the molecule is CN=C(NCCc1ccc2c(c1)OCO2)NCc1cc(OC)c(OC)cc1OC. The van der Waals surface area contributed by atoms with Crippen LogP contribution in [-0.4, -0.2) is 47.7 Å². The van der Waals surface area contributed by atoms with Crippen LogP contribution in [0, 0.1) is 0 Å². The van der Waals surface area contributed by atoms with Crippen LogP contribution in [0.3, 0.4) is 0 Å². The summed E-state index contributed by atoms with van der Waals surface area (Å²) in [4.78, 5) is 4.28. The van der Waals surface area contributed by atoms with Gasteiger partial charge in [-0.15, -0.1) is 0 Å². The van der Waals surface area contributed by atoms with Crippen molar-refractivity contribution in [2.24, 2.45) is 4.99 Å². The number of nitrogens with zero attached hydrogens (tertiary/aromatic N) is 1. The van der Waals surface area contributed by atoms with Crippen molar-refractivity contribution in [2.75, 3.05) is 41.7 Å². The number of ether oxygens (including phenoxy) is 5. The summed E-state index contributed by atoms with van der Waals surface area (Å²) >= 11 is 0. The first kappa shape index (κ1) is 20.4. The number of nitrogens with one attached hydrogen (secondary N) is 2. The van der Waals surface area contributed by atoms with Gasteiger partial charge in [-0.25, -0.2) is 0 Å². The zero-order chi connectivity index (χ0) is 20.6. The van der Waals surface area contributed by atoms with E-state index in [2.05, 4.69) is 15.6 Å². The monoisotopic (exact) mass is 401 g/mol. The Morgan fingerprint density at radius 1 is 0.931 bits per heavy atom. The molecule has 0 saturated heterocycles. The minimum absolute atomic E-state index is 0.285. The first-order valence-electron chi connectivity index (χ1n) is 9.30. The van der Waals surface area contributed by atoms with Gasteiger partial charge in [0.1, 0.15) is 5.75 Å². The molecule has 0 unspecified atom stereocenters. The van der Waals surface area contributed by atoms with Crippen molar-refractivity contribution < 1.29 is 23.7 Å². The molecule has 0 bridgehead atoms. The molecule has 0 radical (unpaired) electrons. The lowest BCUT2D eigenvalue weighted by Crippen LogP contribution is -2.37. The smallest absolute Gasteiger partial charge is 0.231 e. The molecule has 8 heteroatoms. The average Bonchev–Trinajstić information content (AvgIpc) is 3.23. The van der Waals surface area contributed by atoms with Crippen molar-refractivity contribution in [2.45, 2.75) is 13.0 Å². The Morgan fingerprint density at radius 2 is 1.66 bits per heavy atom. The first-order valence-corrected chi connectivity index (χ1v) is 9.30. The van der Waals surface area contributed by atoms with Crippen LogP contribution < -0.4 is 34.3 Å². The molecule has 0 aromatic heterocycles. The molecule has 0 fully saturated rings. The Balaban J connectivity index is 1.55. The van der Waals surface area contributed by atoms with E-state index in [1.165, 1.54) is 5.56 Å². The van der Waals surface area contributed by atoms with Crippen LogP contribution in [0.25, 0.3) is 0 Å². The summed E-state index contributed by atoms with van der Waals surface area (Å²) in [6, 6.07) is 9.69. The standard InChI is InChI=1S/C21H27N3O5/c1-22-21(23-8-7-14-5-6-16-20(9-14)29-13-28-16)24-12-15-10-18(26-3)19(27-4)11-17(15)25-2/h5-6,9-11H,7-8,12-13H2,1-4H3,(H2,22,23,24). The minimum atomic E-state index is 0.285. The van der Waals surface area contributed by atoms with Crippen LogP contribution in [-0.2, 0) is 13.0 Å². The molecule has 2 aromatic rings. The van der Waals surface area contributed by atoms with E-state index in [9.17, 15) is 0 Å².